The van der Waals surface area contributed by atoms with Gasteiger partial charge in [-0.3, -0.25) is 19.2 Å². The number of carbonyl (C=O) groups is 2. The minimum Gasteiger partial charge on any atom is -0.329 e. The predicted molar refractivity (Wildman–Crippen MR) is 139 cm³/mol. The van der Waals surface area contributed by atoms with Crippen LogP contribution in [0.2, 0.25) is 0 Å². The number of carbonyl (C=O) groups excluding carboxylic acids is 2. The molecule has 2 N–H and O–H groups in total. The average molecular weight is 530 g/mol. The topological polar surface area (TPSA) is 81.2 Å². The van der Waals surface area contributed by atoms with Gasteiger partial charge in [0.25, 0.3) is 0 Å². The minimum atomic E-state index is -0.606. The SMILES string of the molecule is CC(=O)SC1CCN(C(C(=O)C2CC2)c2ccccc2F)C/C1=C\c1ccn(CCN)n1.Cl.Cl. The van der Waals surface area contributed by atoms with E-state index in [-0.39, 0.29) is 52.7 Å². The van der Waals surface area contributed by atoms with Crippen LogP contribution in [0.15, 0.2) is 42.1 Å². The van der Waals surface area contributed by atoms with Gasteiger partial charge in [0, 0.05) is 49.5 Å². The van der Waals surface area contributed by atoms with Crippen molar-refractivity contribution in [3.05, 3.63) is 59.2 Å². The summed E-state index contributed by atoms with van der Waals surface area (Å²) in [5.41, 5.74) is 7.88. The van der Waals surface area contributed by atoms with Crippen LogP contribution >= 0.6 is 36.6 Å². The molecule has 2 aliphatic rings. The average Bonchev–Trinajstić information content (AvgIpc) is 3.52. The Labute approximate surface area is 216 Å². The van der Waals surface area contributed by atoms with E-state index in [0.29, 0.717) is 38.2 Å². The summed E-state index contributed by atoms with van der Waals surface area (Å²) >= 11 is 1.31. The predicted octanol–water partition coefficient (Wildman–Crippen LogP) is 4.28. The molecule has 2 aromatic rings. The Morgan fingerprint density at radius 2 is 1.97 bits per heavy atom. The number of benzene rings is 1. The van der Waals surface area contributed by atoms with Crippen LogP contribution in [0.3, 0.4) is 0 Å². The molecule has 2 unspecified atom stereocenters. The molecular weight excluding hydrogens is 498 g/mol. The number of piperidine rings is 1. The van der Waals surface area contributed by atoms with Gasteiger partial charge in [-0.05, 0) is 43.0 Å². The summed E-state index contributed by atoms with van der Waals surface area (Å²) in [5.74, 6) is -0.236. The van der Waals surface area contributed by atoms with Gasteiger partial charge in [-0.2, -0.15) is 5.10 Å². The fraction of sp³-hybridized carbons (Fsp3) is 0.458. The number of nitrogens with two attached hydrogens (primary N) is 1. The van der Waals surface area contributed by atoms with Crippen molar-refractivity contribution in [2.75, 3.05) is 19.6 Å². The molecule has 1 saturated carbocycles. The zero-order valence-corrected chi connectivity index (χ0v) is 21.5. The molecule has 0 amide bonds. The zero-order valence-electron chi connectivity index (χ0n) is 19.1. The van der Waals surface area contributed by atoms with E-state index >= 15 is 0 Å². The van der Waals surface area contributed by atoms with E-state index in [1.54, 1.807) is 29.8 Å². The number of halogens is 3. The number of ketones is 1. The second-order valence-electron chi connectivity index (χ2n) is 8.47. The highest BCUT2D eigenvalue weighted by atomic mass is 35.5. The quantitative estimate of drug-likeness (QED) is 0.550. The molecule has 2 fully saturated rings. The van der Waals surface area contributed by atoms with Crippen LogP contribution in [0, 0.1) is 11.7 Å². The summed E-state index contributed by atoms with van der Waals surface area (Å²) in [7, 11) is 0. The van der Waals surface area contributed by atoms with Crippen LogP contribution in [0.25, 0.3) is 6.08 Å². The van der Waals surface area contributed by atoms with Gasteiger partial charge in [-0.25, -0.2) is 4.39 Å². The van der Waals surface area contributed by atoms with Crippen molar-refractivity contribution in [3.8, 4) is 0 Å². The number of nitrogens with zero attached hydrogens (tertiary/aromatic N) is 3. The molecule has 4 rings (SSSR count). The molecule has 1 aliphatic carbocycles. The Hall–Kier alpha value is -1.71. The molecule has 2 atom stereocenters. The van der Waals surface area contributed by atoms with Crippen molar-refractivity contribution in [1.29, 1.82) is 0 Å². The molecule has 0 spiro atoms. The van der Waals surface area contributed by atoms with E-state index < -0.39 is 6.04 Å². The van der Waals surface area contributed by atoms with Crippen molar-refractivity contribution in [1.82, 2.24) is 14.7 Å². The van der Waals surface area contributed by atoms with Crippen LogP contribution in [0.1, 0.15) is 43.5 Å². The third-order valence-electron chi connectivity index (χ3n) is 5.95. The lowest BCUT2D eigenvalue weighted by Crippen LogP contribution is -2.43. The van der Waals surface area contributed by atoms with E-state index in [0.717, 1.165) is 24.1 Å². The van der Waals surface area contributed by atoms with Crippen LogP contribution in [-0.2, 0) is 16.1 Å². The zero-order chi connectivity index (χ0) is 22.7. The van der Waals surface area contributed by atoms with E-state index in [4.69, 9.17) is 5.73 Å². The highest BCUT2D eigenvalue weighted by Gasteiger charge is 2.41. The second-order valence-corrected chi connectivity index (χ2v) is 9.85. The van der Waals surface area contributed by atoms with Crippen LogP contribution in [-0.4, -0.2) is 50.5 Å². The van der Waals surface area contributed by atoms with Crippen molar-refractivity contribution in [3.63, 3.8) is 0 Å². The number of hydrogen-bond acceptors (Lipinski definition) is 6. The third-order valence-corrected chi connectivity index (χ3v) is 7.11. The van der Waals surface area contributed by atoms with Crippen molar-refractivity contribution in [2.45, 2.75) is 44.0 Å². The maximum atomic E-state index is 14.7. The number of thioether (sulfide) groups is 1. The van der Waals surface area contributed by atoms with Gasteiger partial charge in [0.1, 0.15) is 5.82 Å². The largest absolute Gasteiger partial charge is 0.329 e. The summed E-state index contributed by atoms with van der Waals surface area (Å²) in [5, 5.41) is 4.62. The Kier molecular flexibility index (Phi) is 10.8. The van der Waals surface area contributed by atoms with Crippen molar-refractivity contribution in [2.24, 2.45) is 11.7 Å². The first-order chi connectivity index (χ1) is 15.5. The first-order valence-electron chi connectivity index (χ1n) is 11.1. The fourth-order valence-corrected chi connectivity index (χ4v) is 5.21. The minimum absolute atomic E-state index is 0. The summed E-state index contributed by atoms with van der Waals surface area (Å²) in [6.07, 6.45) is 6.34. The van der Waals surface area contributed by atoms with E-state index in [2.05, 4.69) is 10.00 Å². The lowest BCUT2D eigenvalue weighted by Gasteiger charge is -2.38. The van der Waals surface area contributed by atoms with Crippen LogP contribution < -0.4 is 5.73 Å². The fourth-order valence-electron chi connectivity index (χ4n) is 4.30. The molecule has 186 valence electrons. The molecule has 1 aliphatic heterocycles. The van der Waals surface area contributed by atoms with E-state index in [9.17, 15) is 14.0 Å². The first-order valence-corrected chi connectivity index (χ1v) is 12.0. The van der Waals surface area contributed by atoms with Crippen LogP contribution in [0.4, 0.5) is 4.39 Å². The highest BCUT2D eigenvalue weighted by molar-refractivity contribution is 8.14. The monoisotopic (exact) mass is 528 g/mol. The third kappa shape index (κ3) is 6.92. The molecule has 0 bridgehead atoms. The maximum absolute atomic E-state index is 14.7. The summed E-state index contributed by atoms with van der Waals surface area (Å²) in [4.78, 5) is 27.2. The number of hydrogen-bond donors (Lipinski definition) is 1. The summed E-state index contributed by atoms with van der Waals surface area (Å²) in [6.45, 7) is 3.82. The Bertz CT molecular complexity index is 1030. The van der Waals surface area contributed by atoms with Crippen LogP contribution in [0.5, 0.6) is 0 Å². The molecule has 1 saturated heterocycles. The Morgan fingerprint density at radius 1 is 1.24 bits per heavy atom. The molecule has 10 heteroatoms. The van der Waals surface area contributed by atoms with Gasteiger partial charge in [0.05, 0.1) is 18.3 Å². The molecular formula is C24H31Cl2FN4O2S. The van der Waals surface area contributed by atoms with Gasteiger partial charge in [0.15, 0.2) is 10.9 Å². The lowest BCUT2D eigenvalue weighted by atomic mass is 9.93. The van der Waals surface area contributed by atoms with E-state index in [1.807, 2.05) is 18.3 Å². The normalized spacial score (nSPS) is 20.3. The molecule has 2 heterocycles. The van der Waals surface area contributed by atoms with Gasteiger partial charge in [0.2, 0.25) is 0 Å². The molecule has 1 aromatic carbocycles. The maximum Gasteiger partial charge on any atom is 0.186 e. The standard InChI is InChI=1S/C24H29FN4O2S.2ClH/c1-16(30)32-22-9-11-28(15-18(22)14-19-8-12-29(27-19)13-10-26)23(24(31)17-6-7-17)20-4-2-3-5-21(20)25;;/h2-5,8,12,14,17,22-23H,6-7,9-11,13,15,26H2,1H3;2*1H/b18-14+;;. The Balaban J connectivity index is 0.00000204. The van der Waals surface area contributed by atoms with E-state index in [1.165, 1.54) is 17.8 Å². The number of Topliss-reactive ketones (excluding diaryl/α,β-unsaturated/α-hetero) is 1. The number of rotatable bonds is 8. The van der Waals surface area contributed by atoms with Gasteiger partial charge in [-0.1, -0.05) is 30.0 Å². The Morgan fingerprint density at radius 3 is 2.62 bits per heavy atom. The van der Waals surface area contributed by atoms with Crippen molar-refractivity contribution < 1.29 is 14.0 Å². The first kappa shape index (κ1) is 28.5. The van der Waals surface area contributed by atoms with Gasteiger partial charge < -0.3 is 5.73 Å². The highest BCUT2D eigenvalue weighted by Crippen LogP contribution is 2.40. The molecule has 0 radical (unpaired) electrons. The molecule has 34 heavy (non-hydrogen) atoms. The lowest BCUT2D eigenvalue weighted by molar-refractivity contribution is -0.126. The van der Waals surface area contributed by atoms with Gasteiger partial charge >= 0.3 is 0 Å². The molecule has 1 aromatic heterocycles. The second kappa shape index (κ2) is 12.8. The van der Waals surface area contributed by atoms with Crippen molar-refractivity contribution >= 4 is 53.6 Å². The summed E-state index contributed by atoms with van der Waals surface area (Å²) in [6, 6.07) is 7.88. The van der Waals surface area contributed by atoms with Gasteiger partial charge in [-0.15, -0.1) is 24.8 Å². The molecule has 6 nitrogen and oxygen atoms in total. The smallest absolute Gasteiger partial charge is 0.186 e. The summed E-state index contributed by atoms with van der Waals surface area (Å²) < 4.78 is 16.5. The number of aromatic nitrogens is 2. The number of likely N-dealkylation sites (tertiary alicyclic amines) is 1.